The maximum atomic E-state index is 12.9. The number of carbonyl (C=O) groups is 1. The van der Waals surface area contributed by atoms with Crippen LogP contribution in [0.1, 0.15) is 65.5 Å². The highest BCUT2D eigenvalue weighted by Gasteiger charge is 2.22. The van der Waals surface area contributed by atoms with Crippen molar-refractivity contribution in [2.45, 2.75) is 58.5 Å². The molecule has 146 valence electrons. The van der Waals surface area contributed by atoms with Crippen molar-refractivity contribution in [3.8, 4) is 0 Å². The van der Waals surface area contributed by atoms with Gasteiger partial charge in [0.05, 0.1) is 11.9 Å². The van der Waals surface area contributed by atoms with Gasteiger partial charge >= 0.3 is 0 Å². The fraction of sp³-hybridized carbons (Fsp3) is 0.391. The van der Waals surface area contributed by atoms with Crippen LogP contribution in [0.2, 0.25) is 0 Å². The molecule has 0 bridgehead atoms. The molecule has 1 fully saturated rings. The first-order chi connectivity index (χ1) is 13.6. The largest absolute Gasteiger partial charge is 0.345 e. The minimum absolute atomic E-state index is 0.0301. The van der Waals surface area contributed by atoms with E-state index in [9.17, 15) is 4.79 Å². The number of nitrogens with one attached hydrogen (secondary N) is 1. The summed E-state index contributed by atoms with van der Waals surface area (Å²) in [5.74, 6) is -0.0301. The molecule has 1 N–H and O–H groups in total. The average molecular weight is 377 g/mol. The number of amides is 1. The molecule has 0 atom stereocenters. The van der Waals surface area contributed by atoms with Gasteiger partial charge in [0, 0.05) is 42.1 Å². The molecule has 2 heterocycles. The predicted octanol–water partition coefficient (Wildman–Crippen LogP) is 5.11. The van der Waals surface area contributed by atoms with E-state index in [-0.39, 0.29) is 5.91 Å². The van der Waals surface area contributed by atoms with E-state index in [0.29, 0.717) is 6.04 Å². The van der Waals surface area contributed by atoms with E-state index in [1.807, 2.05) is 41.1 Å². The second-order valence-electron chi connectivity index (χ2n) is 7.83. The van der Waals surface area contributed by atoms with Gasteiger partial charge in [-0.2, -0.15) is 0 Å². The molecule has 3 aromatic rings. The summed E-state index contributed by atoms with van der Waals surface area (Å²) in [6.07, 6.45) is 11.9. The summed E-state index contributed by atoms with van der Waals surface area (Å²) in [7, 11) is 0. The highest BCUT2D eigenvalue weighted by Crippen LogP contribution is 2.32. The van der Waals surface area contributed by atoms with E-state index in [4.69, 9.17) is 0 Å². The van der Waals surface area contributed by atoms with Crippen molar-refractivity contribution in [1.29, 1.82) is 0 Å². The molecule has 0 aliphatic heterocycles. The summed E-state index contributed by atoms with van der Waals surface area (Å²) in [6.45, 7) is 4.96. The van der Waals surface area contributed by atoms with Gasteiger partial charge in [-0.25, -0.2) is 4.98 Å². The van der Waals surface area contributed by atoms with Crippen LogP contribution in [0.5, 0.6) is 0 Å². The van der Waals surface area contributed by atoms with Crippen LogP contribution in [-0.4, -0.2) is 20.0 Å². The quantitative estimate of drug-likeness (QED) is 0.673. The minimum atomic E-state index is -0.0301. The molecule has 1 aromatic carbocycles. The number of nitrogens with zero attached hydrogens (tertiary/aromatic N) is 3. The Balaban J connectivity index is 1.46. The van der Waals surface area contributed by atoms with Gasteiger partial charge < -0.3 is 14.5 Å². The molecular formula is C23H28N4O. The van der Waals surface area contributed by atoms with Crippen LogP contribution in [-0.2, 0) is 6.54 Å². The molecule has 0 radical (unpaired) electrons. The Hall–Kier alpha value is -2.82. The normalized spacial score (nSPS) is 14.9. The SMILES string of the molecule is Cc1cc(C(=O)Nc2ccc(Cn3ccnc3)cc2)c(C)n1C1CCCCC1. The lowest BCUT2D eigenvalue weighted by molar-refractivity contribution is 0.102. The van der Waals surface area contributed by atoms with Gasteiger partial charge in [0.25, 0.3) is 5.91 Å². The molecule has 5 nitrogen and oxygen atoms in total. The third-order valence-corrected chi connectivity index (χ3v) is 5.80. The van der Waals surface area contributed by atoms with E-state index >= 15 is 0 Å². The lowest BCUT2D eigenvalue weighted by atomic mass is 9.95. The van der Waals surface area contributed by atoms with Crippen molar-refractivity contribution >= 4 is 11.6 Å². The van der Waals surface area contributed by atoms with Gasteiger partial charge in [0.1, 0.15) is 0 Å². The van der Waals surface area contributed by atoms with Crippen LogP contribution >= 0.6 is 0 Å². The van der Waals surface area contributed by atoms with Gasteiger partial charge in [-0.15, -0.1) is 0 Å². The number of imidazole rings is 1. The summed E-state index contributed by atoms with van der Waals surface area (Å²) in [4.78, 5) is 17.0. The summed E-state index contributed by atoms with van der Waals surface area (Å²) >= 11 is 0. The summed E-state index contributed by atoms with van der Waals surface area (Å²) < 4.78 is 4.40. The molecule has 0 saturated heterocycles. The Bertz CT molecular complexity index is 932. The number of carbonyl (C=O) groups excluding carboxylic acids is 1. The maximum absolute atomic E-state index is 12.9. The van der Waals surface area contributed by atoms with Gasteiger partial charge in [-0.05, 0) is 50.5 Å². The highest BCUT2D eigenvalue weighted by molar-refractivity contribution is 6.05. The summed E-state index contributed by atoms with van der Waals surface area (Å²) in [5.41, 5.74) is 5.04. The van der Waals surface area contributed by atoms with E-state index in [2.05, 4.69) is 28.7 Å². The molecule has 1 amide bonds. The average Bonchev–Trinajstić information content (AvgIpc) is 3.31. The van der Waals surface area contributed by atoms with E-state index in [1.165, 1.54) is 43.4 Å². The second-order valence-corrected chi connectivity index (χ2v) is 7.83. The zero-order chi connectivity index (χ0) is 19.5. The fourth-order valence-electron chi connectivity index (χ4n) is 4.39. The number of aromatic nitrogens is 3. The van der Waals surface area contributed by atoms with E-state index in [1.54, 1.807) is 12.5 Å². The van der Waals surface area contributed by atoms with Gasteiger partial charge in [-0.1, -0.05) is 31.4 Å². The molecule has 0 unspecified atom stereocenters. The van der Waals surface area contributed by atoms with Gasteiger partial charge in [0.15, 0.2) is 0 Å². The van der Waals surface area contributed by atoms with Crippen molar-refractivity contribution in [2.75, 3.05) is 5.32 Å². The minimum Gasteiger partial charge on any atom is -0.345 e. The second kappa shape index (κ2) is 8.05. The molecule has 28 heavy (non-hydrogen) atoms. The smallest absolute Gasteiger partial charge is 0.257 e. The molecule has 4 rings (SSSR count). The van der Waals surface area contributed by atoms with Crippen molar-refractivity contribution in [3.63, 3.8) is 0 Å². The number of anilines is 1. The standard InChI is InChI=1S/C23H28N4O/c1-17-14-22(18(2)27(17)21-6-4-3-5-7-21)23(28)25-20-10-8-19(9-11-20)15-26-13-12-24-16-26/h8-14,16,21H,3-7,15H2,1-2H3,(H,25,28). The zero-order valence-electron chi connectivity index (χ0n) is 16.7. The Morgan fingerprint density at radius 1 is 1.14 bits per heavy atom. The number of hydrogen-bond acceptors (Lipinski definition) is 2. The number of rotatable bonds is 5. The summed E-state index contributed by atoms with van der Waals surface area (Å²) in [6, 6.07) is 10.6. The predicted molar refractivity (Wildman–Crippen MR) is 112 cm³/mol. The first-order valence-corrected chi connectivity index (χ1v) is 10.2. The molecule has 1 aliphatic carbocycles. The van der Waals surface area contributed by atoms with Crippen molar-refractivity contribution in [3.05, 3.63) is 71.6 Å². The Labute approximate surface area is 166 Å². The monoisotopic (exact) mass is 376 g/mol. The lowest BCUT2D eigenvalue weighted by Gasteiger charge is -2.26. The van der Waals surface area contributed by atoms with Crippen LogP contribution in [0.15, 0.2) is 49.1 Å². The fourth-order valence-corrected chi connectivity index (χ4v) is 4.39. The number of hydrogen-bond donors (Lipinski definition) is 1. The molecule has 2 aromatic heterocycles. The lowest BCUT2D eigenvalue weighted by Crippen LogP contribution is -2.17. The van der Waals surface area contributed by atoms with E-state index < -0.39 is 0 Å². The Morgan fingerprint density at radius 3 is 2.57 bits per heavy atom. The van der Waals surface area contributed by atoms with Crippen LogP contribution < -0.4 is 5.32 Å². The van der Waals surface area contributed by atoms with Crippen molar-refractivity contribution in [2.24, 2.45) is 0 Å². The van der Waals surface area contributed by atoms with E-state index in [0.717, 1.165) is 23.5 Å². The third-order valence-electron chi connectivity index (χ3n) is 5.80. The van der Waals surface area contributed by atoms with Gasteiger partial charge in [0.2, 0.25) is 0 Å². The molecule has 1 saturated carbocycles. The van der Waals surface area contributed by atoms with Crippen LogP contribution in [0.4, 0.5) is 5.69 Å². The zero-order valence-corrected chi connectivity index (χ0v) is 16.7. The summed E-state index contributed by atoms with van der Waals surface area (Å²) in [5, 5.41) is 3.06. The van der Waals surface area contributed by atoms with Crippen LogP contribution in [0.25, 0.3) is 0 Å². The topological polar surface area (TPSA) is 51.9 Å². The number of benzene rings is 1. The first-order valence-electron chi connectivity index (χ1n) is 10.2. The first kappa shape index (κ1) is 18.5. The number of aryl methyl sites for hydroxylation is 1. The van der Waals surface area contributed by atoms with Crippen LogP contribution in [0, 0.1) is 13.8 Å². The Kier molecular flexibility index (Phi) is 5.33. The Morgan fingerprint density at radius 2 is 1.89 bits per heavy atom. The molecular weight excluding hydrogens is 348 g/mol. The van der Waals surface area contributed by atoms with Crippen molar-refractivity contribution < 1.29 is 4.79 Å². The van der Waals surface area contributed by atoms with Crippen LogP contribution in [0.3, 0.4) is 0 Å². The molecule has 5 heteroatoms. The van der Waals surface area contributed by atoms with Gasteiger partial charge in [-0.3, -0.25) is 4.79 Å². The molecule has 0 spiro atoms. The molecule has 1 aliphatic rings. The highest BCUT2D eigenvalue weighted by atomic mass is 16.1. The maximum Gasteiger partial charge on any atom is 0.257 e. The third kappa shape index (κ3) is 3.88. The van der Waals surface area contributed by atoms with Crippen molar-refractivity contribution in [1.82, 2.24) is 14.1 Å².